The average molecular weight is 362 g/mol. The molecule has 24 heavy (non-hydrogen) atoms. The summed E-state index contributed by atoms with van der Waals surface area (Å²) in [6.45, 7) is 6.48. The molecule has 0 spiro atoms. The van der Waals surface area contributed by atoms with Gasteiger partial charge in [-0.15, -0.1) is 11.6 Å². The summed E-state index contributed by atoms with van der Waals surface area (Å²) in [7, 11) is 0. The maximum absolute atomic E-state index is 12.2. The predicted octanol–water partition coefficient (Wildman–Crippen LogP) is 4.83. The Bertz CT molecular complexity index is 335. The summed E-state index contributed by atoms with van der Waals surface area (Å²) in [4.78, 5) is 24.0. The molecule has 142 valence electrons. The second-order valence-corrected chi connectivity index (χ2v) is 7.10. The minimum atomic E-state index is -0.557. The second-order valence-electron chi connectivity index (χ2n) is 6.72. The van der Waals surface area contributed by atoms with E-state index in [0.717, 1.165) is 25.7 Å². The van der Waals surface area contributed by atoms with Crippen LogP contribution in [0.1, 0.15) is 85.0 Å². The van der Waals surface area contributed by atoms with Crippen LogP contribution >= 0.6 is 11.6 Å². The molecule has 4 nitrogen and oxygen atoms in total. The molecule has 0 aliphatic carbocycles. The number of amides is 1. The van der Waals surface area contributed by atoms with E-state index in [1.165, 1.54) is 32.1 Å². The number of hydrogen-bond donors (Lipinski definition) is 1. The monoisotopic (exact) mass is 361 g/mol. The first-order valence-corrected chi connectivity index (χ1v) is 10.1. The zero-order valence-electron chi connectivity index (χ0n) is 15.7. The molecule has 1 unspecified atom stereocenters. The van der Waals surface area contributed by atoms with E-state index >= 15 is 0 Å². The van der Waals surface area contributed by atoms with Crippen molar-refractivity contribution in [1.29, 1.82) is 0 Å². The zero-order chi connectivity index (χ0) is 18.2. The quantitative estimate of drug-likeness (QED) is 0.258. The molecule has 0 aliphatic rings. The highest BCUT2D eigenvalue weighted by atomic mass is 35.5. The van der Waals surface area contributed by atoms with E-state index in [0.29, 0.717) is 18.9 Å². The van der Waals surface area contributed by atoms with Crippen molar-refractivity contribution in [2.45, 2.75) is 91.0 Å². The minimum absolute atomic E-state index is 0.0171. The summed E-state index contributed by atoms with van der Waals surface area (Å²) in [6, 6.07) is -0.557. The van der Waals surface area contributed by atoms with Crippen molar-refractivity contribution < 1.29 is 14.3 Å². The van der Waals surface area contributed by atoms with Gasteiger partial charge in [-0.3, -0.25) is 4.79 Å². The third-order valence-electron chi connectivity index (χ3n) is 4.02. The van der Waals surface area contributed by atoms with Gasteiger partial charge in [0.2, 0.25) is 5.91 Å². The molecule has 5 heteroatoms. The summed E-state index contributed by atoms with van der Waals surface area (Å²) in [5, 5.41) is 2.79. The molecule has 0 heterocycles. The number of nitrogens with one attached hydrogen (secondary N) is 1. The molecule has 0 saturated heterocycles. The van der Waals surface area contributed by atoms with Crippen molar-refractivity contribution in [1.82, 2.24) is 5.32 Å². The first-order chi connectivity index (χ1) is 11.5. The molecule has 0 fully saturated rings. The summed E-state index contributed by atoms with van der Waals surface area (Å²) < 4.78 is 5.34. The van der Waals surface area contributed by atoms with E-state index in [4.69, 9.17) is 16.3 Å². The number of esters is 1. The molecule has 0 aromatic rings. The van der Waals surface area contributed by atoms with Crippen molar-refractivity contribution >= 4 is 23.5 Å². The fourth-order valence-corrected chi connectivity index (χ4v) is 2.63. The van der Waals surface area contributed by atoms with Crippen LogP contribution in [0, 0.1) is 5.92 Å². The van der Waals surface area contributed by atoms with Crippen molar-refractivity contribution in [3.05, 3.63) is 0 Å². The first kappa shape index (κ1) is 23.2. The van der Waals surface area contributed by atoms with Gasteiger partial charge in [-0.1, -0.05) is 59.3 Å². The van der Waals surface area contributed by atoms with Crippen molar-refractivity contribution in [2.24, 2.45) is 5.92 Å². The highest BCUT2D eigenvalue weighted by molar-refractivity contribution is 6.17. The molecule has 0 saturated carbocycles. The fraction of sp³-hybridized carbons (Fsp3) is 0.895. The van der Waals surface area contributed by atoms with Gasteiger partial charge in [0.25, 0.3) is 0 Å². The molecule has 0 aromatic carbocycles. The summed E-state index contributed by atoms with van der Waals surface area (Å²) in [5.74, 6) is 0.151. The molecule has 0 radical (unpaired) electrons. The molecule has 0 aromatic heterocycles. The van der Waals surface area contributed by atoms with Crippen LogP contribution < -0.4 is 5.32 Å². The van der Waals surface area contributed by atoms with E-state index in [1.807, 2.05) is 13.8 Å². The Morgan fingerprint density at radius 2 is 1.58 bits per heavy atom. The number of carbonyl (C=O) groups excluding carboxylic acids is 2. The van der Waals surface area contributed by atoms with Gasteiger partial charge >= 0.3 is 5.97 Å². The Morgan fingerprint density at radius 1 is 0.958 bits per heavy atom. The van der Waals surface area contributed by atoms with Crippen LogP contribution in [0.4, 0.5) is 0 Å². The lowest BCUT2D eigenvalue weighted by atomic mass is 10.0. The highest BCUT2D eigenvalue weighted by Gasteiger charge is 2.25. The van der Waals surface area contributed by atoms with Gasteiger partial charge in [-0.2, -0.15) is 0 Å². The van der Waals surface area contributed by atoms with E-state index in [9.17, 15) is 9.59 Å². The Balaban J connectivity index is 3.93. The number of hydrogen-bond acceptors (Lipinski definition) is 3. The van der Waals surface area contributed by atoms with Gasteiger partial charge in [-0.25, -0.2) is 4.79 Å². The topological polar surface area (TPSA) is 55.4 Å². The van der Waals surface area contributed by atoms with Crippen LogP contribution in [0.3, 0.4) is 0 Å². The lowest BCUT2D eigenvalue weighted by Gasteiger charge is -2.21. The third-order valence-corrected chi connectivity index (χ3v) is 4.28. The van der Waals surface area contributed by atoms with E-state index in [1.54, 1.807) is 0 Å². The lowest BCUT2D eigenvalue weighted by Crippen LogP contribution is -2.45. The van der Waals surface area contributed by atoms with Crippen molar-refractivity contribution in [3.8, 4) is 0 Å². The number of unbranched alkanes of at least 4 members (excludes halogenated alkanes) is 7. The maximum Gasteiger partial charge on any atom is 0.328 e. The van der Waals surface area contributed by atoms with Gasteiger partial charge in [0, 0.05) is 12.3 Å². The maximum atomic E-state index is 12.2. The highest BCUT2D eigenvalue weighted by Crippen LogP contribution is 2.09. The van der Waals surface area contributed by atoms with E-state index in [2.05, 4.69) is 12.2 Å². The minimum Gasteiger partial charge on any atom is -0.464 e. The Labute approximate surface area is 153 Å². The first-order valence-electron chi connectivity index (χ1n) is 9.54. The number of ether oxygens (including phenoxy) is 1. The SMILES string of the molecule is CCCCCCCCCOC(=O)C(NC(=O)CCCCCl)C(C)C. The zero-order valence-corrected chi connectivity index (χ0v) is 16.5. The van der Waals surface area contributed by atoms with Gasteiger partial charge < -0.3 is 10.1 Å². The summed E-state index contributed by atoms with van der Waals surface area (Å²) >= 11 is 5.60. The molecular weight excluding hydrogens is 326 g/mol. The molecule has 1 amide bonds. The molecular formula is C19H36ClNO3. The molecule has 1 N–H and O–H groups in total. The Hall–Kier alpha value is -0.770. The van der Waals surface area contributed by atoms with Crippen LogP contribution in [-0.4, -0.2) is 30.4 Å². The van der Waals surface area contributed by atoms with Crippen LogP contribution in [0.25, 0.3) is 0 Å². The van der Waals surface area contributed by atoms with E-state index < -0.39 is 6.04 Å². The van der Waals surface area contributed by atoms with Gasteiger partial charge in [0.15, 0.2) is 0 Å². The second kappa shape index (κ2) is 15.7. The standard InChI is InChI=1S/C19H36ClNO3/c1-4-5-6-7-8-9-12-15-24-19(23)18(16(2)3)21-17(22)13-10-11-14-20/h16,18H,4-15H2,1-3H3,(H,21,22). The van der Waals surface area contributed by atoms with Gasteiger partial charge in [-0.05, 0) is 25.2 Å². The lowest BCUT2D eigenvalue weighted by molar-refractivity contribution is -0.149. The van der Waals surface area contributed by atoms with Crippen molar-refractivity contribution in [3.63, 3.8) is 0 Å². The molecule has 0 rings (SSSR count). The fourth-order valence-electron chi connectivity index (χ4n) is 2.45. The summed E-state index contributed by atoms with van der Waals surface area (Å²) in [5.41, 5.74) is 0. The van der Waals surface area contributed by atoms with Crippen molar-refractivity contribution in [2.75, 3.05) is 12.5 Å². The Kier molecular flexibility index (Phi) is 15.2. The summed E-state index contributed by atoms with van der Waals surface area (Å²) in [6.07, 6.45) is 10.2. The van der Waals surface area contributed by atoms with E-state index in [-0.39, 0.29) is 17.8 Å². The molecule has 0 aliphatic heterocycles. The number of halogens is 1. The average Bonchev–Trinajstić information content (AvgIpc) is 2.54. The normalized spacial score (nSPS) is 12.2. The third kappa shape index (κ3) is 12.6. The molecule has 0 bridgehead atoms. The predicted molar refractivity (Wildman–Crippen MR) is 100 cm³/mol. The number of rotatable bonds is 15. The van der Waals surface area contributed by atoms with Crippen LogP contribution in [0.5, 0.6) is 0 Å². The van der Waals surface area contributed by atoms with Gasteiger partial charge in [0.05, 0.1) is 6.61 Å². The van der Waals surface area contributed by atoms with Crippen LogP contribution in [0.15, 0.2) is 0 Å². The van der Waals surface area contributed by atoms with Crippen LogP contribution in [0.2, 0.25) is 0 Å². The number of alkyl halides is 1. The largest absolute Gasteiger partial charge is 0.464 e. The number of carbonyl (C=O) groups is 2. The molecule has 1 atom stereocenters. The van der Waals surface area contributed by atoms with Crippen LogP contribution in [-0.2, 0) is 14.3 Å². The smallest absolute Gasteiger partial charge is 0.328 e. The Morgan fingerprint density at radius 3 is 2.17 bits per heavy atom. The van der Waals surface area contributed by atoms with Gasteiger partial charge in [0.1, 0.15) is 6.04 Å².